The maximum absolute atomic E-state index is 13.2. The van der Waals surface area contributed by atoms with Gasteiger partial charge in [0.25, 0.3) is 0 Å². The Balaban J connectivity index is 1.29. The molecule has 6 nitrogen and oxygen atoms in total. The van der Waals surface area contributed by atoms with Crippen LogP contribution in [0.3, 0.4) is 0 Å². The summed E-state index contributed by atoms with van der Waals surface area (Å²) in [6.07, 6.45) is 1.01. The third-order valence-corrected chi connectivity index (χ3v) is 6.75. The zero-order valence-corrected chi connectivity index (χ0v) is 20.2. The van der Waals surface area contributed by atoms with Crippen LogP contribution in [0, 0.1) is 11.7 Å². The highest BCUT2D eigenvalue weighted by molar-refractivity contribution is 5.88. The van der Waals surface area contributed by atoms with Gasteiger partial charge in [0.15, 0.2) is 0 Å². The van der Waals surface area contributed by atoms with Crippen molar-refractivity contribution in [3.63, 3.8) is 0 Å². The van der Waals surface area contributed by atoms with Crippen LogP contribution in [-0.2, 0) is 22.6 Å². The van der Waals surface area contributed by atoms with E-state index in [2.05, 4.69) is 21.2 Å². The zero-order chi connectivity index (χ0) is 24.1. The van der Waals surface area contributed by atoms with Gasteiger partial charge in [-0.2, -0.15) is 0 Å². The number of hydrogen-bond donors (Lipinski definition) is 1. The second kappa shape index (κ2) is 11.0. The number of anilines is 1. The molecule has 2 aliphatic rings. The summed E-state index contributed by atoms with van der Waals surface area (Å²) in [5.74, 6) is 0.00383. The molecule has 1 fully saturated rings. The normalized spacial score (nSPS) is 18.6. The molecule has 4 rings (SSSR count). The summed E-state index contributed by atoms with van der Waals surface area (Å²) in [6.45, 7) is 9.40. The van der Waals surface area contributed by atoms with Crippen molar-refractivity contribution in [3.05, 3.63) is 65.5 Å². The average molecular weight is 467 g/mol. The van der Waals surface area contributed by atoms with Crippen LogP contribution in [0.1, 0.15) is 31.4 Å². The Bertz CT molecular complexity index is 986. The second-order valence-electron chi connectivity index (χ2n) is 9.70. The van der Waals surface area contributed by atoms with Crippen molar-refractivity contribution in [2.75, 3.05) is 44.2 Å². The summed E-state index contributed by atoms with van der Waals surface area (Å²) < 4.78 is 13.2. The fourth-order valence-corrected chi connectivity index (χ4v) is 4.82. The Morgan fingerprint density at radius 3 is 2.35 bits per heavy atom. The molecule has 1 N–H and O–H groups in total. The number of benzene rings is 2. The van der Waals surface area contributed by atoms with Crippen molar-refractivity contribution >= 4 is 17.5 Å². The van der Waals surface area contributed by atoms with Crippen LogP contribution in [-0.4, -0.2) is 66.9 Å². The van der Waals surface area contributed by atoms with Gasteiger partial charge < -0.3 is 15.1 Å². The lowest BCUT2D eigenvalue weighted by Gasteiger charge is -2.37. The maximum atomic E-state index is 13.2. The first-order chi connectivity index (χ1) is 16.4. The Hall–Kier alpha value is -2.93. The van der Waals surface area contributed by atoms with E-state index >= 15 is 0 Å². The predicted octanol–water partition coefficient (Wildman–Crippen LogP) is 3.06. The summed E-state index contributed by atoms with van der Waals surface area (Å²) in [6, 6.07) is 14.2. The third-order valence-electron chi connectivity index (χ3n) is 6.75. The second-order valence-corrected chi connectivity index (χ2v) is 9.70. The van der Waals surface area contributed by atoms with Gasteiger partial charge in [0, 0.05) is 64.3 Å². The van der Waals surface area contributed by atoms with E-state index < -0.39 is 6.04 Å². The molecule has 34 heavy (non-hydrogen) atoms. The van der Waals surface area contributed by atoms with Gasteiger partial charge >= 0.3 is 0 Å². The molecule has 0 spiro atoms. The van der Waals surface area contributed by atoms with Gasteiger partial charge in [0.05, 0.1) is 0 Å². The fourth-order valence-electron chi connectivity index (χ4n) is 4.82. The van der Waals surface area contributed by atoms with E-state index in [1.54, 1.807) is 4.90 Å². The van der Waals surface area contributed by atoms with E-state index in [0.717, 1.165) is 49.5 Å². The molecule has 1 atom stereocenters. The van der Waals surface area contributed by atoms with Crippen molar-refractivity contribution in [2.24, 2.45) is 5.92 Å². The van der Waals surface area contributed by atoms with Gasteiger partial charge in [-0.1, -0.05) is 38.1 Å². The first-order valence-electron chi connectivity index (χ1n) is 12.3. The standard InChI is InChI=1S/C27H35FN4O2/c1-20(2)17-26(33)32-19-22-6-4-3-5-21(22)18-25(32)27(34)29-11-12-30-13-15-31(16-14-30)24-9-7-23(28)8-10-24/h3-10,20,25H,11-19H2,1-2H3,(H,29,34). The molecule has 7 heteroatoms. The number of carbonyl (C=O) groups is 2. The summed E-state index contributed by atoms with van der Waals surface area (Å²) in [5, 5.41) is 3.09. The number of carbonyl (C=O) groups excluding carboxylic acids is 2. The van der Waals surface area contributed by atoms with Crippen LogP contribution < -0.4 is 10.2 Å². The number of nitrogens with one attached hydrogen (secondary N) is 1. The molecule has 0 saturated carbocycles. The minimum atomic E-state index is -0.462. The number of hydrogen-bond acceptors (Lipinski definition) is 4. The molecule has 0 aliphatic carbocycles. The largest absolute Gasteiger partial charge is 0.369 e. The predicted molar refractivity (Wildman–Crippen MR) is 132 cm³/mol. The van der Waals surface area contributed by atoms with Gasteiger partial charge in [0.1, 0.15) is 11.9 Å². The molecule has 1 saturated heterocycles. The van der Waals surface area contributed by atoms with Crippen molar-refractivity contribution in [1.29, 1.82) is 0 Å². The molecule has 0 aromatic heterocycles. The number of rotatable bonds is 7. The van der Waals surface area contributed by atoms with Gasteiger partial charge in [-0.25, -0.2) is 4.39 Å². The van der Waals surface area contributed by atoms with Crippen molar-refractivity contribution in [2.45, 2.75) is 39.3 Å². The molecule has 2 heterocycles. The number of piperazine rings is 1. The number of fused-ring (bicyclic) bond motifs is 1. The monoisotopic (exact) mass is 466 g/mol. The summed E-state index contributed by atoms with van der Waals surface area (Å²) in [4.78, 5) is 32.4. The Morgan fingerprint density at radius 2 is 1.68 bits per heavy atom. The van der Waals surface area contributed by atoms with E-state index in [-0.39, 0.29) is 23.5 Å². The topological polar surface area (TPSA) is 55.9 Å². The smallest absolute Gasteiger partial charge is 0.243 e. The molecule has 2 amide bonds. The van der Waals surface area contributed by atoms with Crippen LogP contribution in [0.25, 0.3) is 0 Å². The summed E-state index contributed by atoms with van der Waals surface area (Å²) in [7, 11) is 0. The molecule has 2 aliphatic heterocycles. The number of amides is 2. The quantitative estimate of drug-likeness (QED) is 0.682. The summed E-state index contributed by atoms with van der Waals surface area (Å²) >= 11 is 0. The minimum absolute atomic E-state index is 0.0431. The Kier molecular flexibility index (Phi) is 7.83. The molecular formula is C27H35FN4O2. The highest BCUT2D eigenvalue weighted by atomic mass is 19.1. The Labute approximate surface area is 201 Å². The van der Waals surface area contributed by atoms with Crippen molar-refractivity contribution < 1.29 is 14.0 Å². The van der Waals surface area contributed by atoms with Crippen LogP contribution in [0.15, 0.2) is 48.5 Å². The third kappa shape index (κ3) is 5.95. The van der Waals surface area contributed by atoms with Crippen molar-refractivity contribution in [3.8, 4) is 0 Å². The van der Waals surface area contributed by atoms with Crippen LogP contribution >= 0.6 is 0 Å². The first-order valence-corrected chi connectivity index (χ1v) is 12.3. The fraction of sp³-hybridized carbons (Fsp3) is 0.481. The van der Waals surface area contributed by atoms with Crippen LogP contribution in [0.2, 0.25) is 0 Å². The number of nitrogens with zero attached hydrogens (tertiary/aromatic N) is 3. The average Bonchev–Trinajstić information content (AvgIpc) is 2.83. The lowest BCUT2D eigenvalue weighted by molar-refractivity contribution is -0.142. The molecule has 1 unspecified atom stereocenters. The van der Waals surface area contributed by atoms with E-state index in [0.29, 0.717) is 25.9 Å². The molecule has 2 aromatic carbocycles. The lowest BCUT2D eigenvalue weighted by atomic mass is 9.92. The van der Waals surface area contributed by atoms with E-state index in [4.69, 9.17) is 0 Å². The number of halogens is 1. The molecule has 182 valence electrons. The van der Waals surface area contributed by atoms with Gasteiger partial charge in [0.2, 0.25) is 11.8 Å². The first kappa shape index (κ1) is 24.2. The maximum Gasteiger partial charge on any atom is 0.243 e. The van der Waals surface area contributed by atoms with E-state index in [1.807, 2.05) is 44.2 Å². The molecule has 0 bridgehead atoms. The summed E-state index contributed by atoms with van der Waals surface area (Å²) in [5.41, 5.74) is 3.31. The van der Waals surface area contributed by atoms with Crippen molar-refractivity contribution in [1.82, 2.24) is 15.1 Å². The lowest BCUT2D eigenvalue weighted by Crippen LogP contribution is -2.54. The Morgan fingerprint density at radius 1 is 1.00 bits per heavy atom. The van der Waals surface area contributed by atoms with Gasteiger partial charge in [-0.3, -0.25) is 14.5 Å². The highest BCUT2D eigenvalue weighted by Crippen LogP contribution is 2.25. The SMILES string of the molecule is CC(C)CC(=O)N1Cc2ccccc2CC1C(=O)NCCN1CCN(c2ccc(F)cc2)CC1. The highest BCUT2D eigenvalue weighted by Gasteiger charge is 2.34. The van der Waals surface area contributed by atoms with Gasteiger partial charge in [-0.05, 0) is 41.3 Å². The molecule has 2 aromatic rings. The zero-order valence-electron chi connectivity index (χ0n) is 20.2. The van der Waals surface area contributed by atoms with Gasteiger partial charge in [-0.15, -0.1) is 0 Å². The van der Waals surface area contributed by atoms with Crippen LogP contribution in [0.5, 0.6) is 0 Å². The van der Waals surface area contributed by atoms with E-state index in [1.165, 1.54) is 12.1 Å². The van der Waals surface area contributed by atoms with Crippen LogP contribution in [0.4, 0.5) is 10.1 Å². The van der Waals surface area contributed by atoms with E-state index in [9.17, 15) is 14.0 Å². The molecular weight excluding hydrogens is 431 g/mol. The molecule has 0 radical (unpaired) electrons. The minimum Gasteiger partial charge on any atom is -0.369 e.